The summed E-state index contributed by atoms with van der Waals surface area (Å²) in [7, 11) is 0. The highest BCUT2D eigenvalue weighted by Crippen LogP contribution is 2.36. The second-order valence-corrected chi connectivity index (χ2v) is 5.94. The second-order valence-electron chi connectivity index (χ2n) is 4.93. The molecule has 0 bridgehead atoms. The summed E-state index contributed by atoms with van der Waals surface area (Å²) in [5, 5.41) is 1.14. The van der Waals surface area contributed by atoms with Crippen LogP contribution in [0.25, 0.3) is 0 Å². The topological polar surface area (TPSA) is 51.4 Å². The molecule has 0 amide bonds. The second kappa shape index (κ2) is 4.55. The van der Waals surface area contributed by atoms with Gasteiger partial charge in [0.15, 0.2) is 5.13 Å². The maximum atomic E-state index is 6.14. The van der Waals surface area contributed by atoms with Crippen molar-refractivity contribution in [3.63, 3.8) is 0 Å². The van der Waals surface area contributed by atoms with Crippen molar-refractivity contribution in [1.29, 1.82) is 0 Å². The first-order valence-corrected chi connectivity index (χ1v) is 7.17. The van der Waals surface area contributed by atoms with Crippen molar-refractivity contribution in [2.45, 2.75) is 38.3 Å². The minimum Gasteiger partial charge on any atom is -0.375 e. The molecule has 1 aromatic heterocycles. The Morgan fingerprint density at radius 1 is 1.53 bits per heavy atom. The largest absolute Gasteiger partial charge is 0.375 e. The molecule has 2 N–H and O–H groups in total. The first-order chi connectivity index (χ1) is 8.24. The Morgan fingerprint density at radius 2 is 2.41 bits per heavy atom. The van der Waals surface area contributed by atoms with E-state index in [1.165, 1.54) is 17.0 Å². The summed E-state index contributed by atoms with van der Waals surface area (Å²) >= 11 is 1.79. The van der Waals surface area contributed by atoms with E-state index in [1.807, 2.05) is 0 Å². The summed E-state index contributed by atoms with van der Waals surface area (Å²) in [5.74, 6) is 0. The number of aromatic nitrogens is 1. The van der Waals surface area contributed by atoms with E-state index in [1.54, 1.807) is 11.3 Å². The number of ether oxygens (including phenoxy) is 1. The Bertz CT molecular complexity index is 406. The maximum absolute atomic E-state index is 6.14. The molecule has 1 aliphatic carbocycles. The predicted octanol–water partition coefficient (Wildman–Crippen LogP) is 1.70. The quantitative estimate of drug-likeness (QED) is 0.827. The zero-order valence-electron chi connectivity index (χ0n) is 10.2. The zero-order valence-corrected chi connectivity index (χ0v) is 11.0. The predicted molar refractivity (Wildman–Crippen MR) is 69.6 cm³/mol. The van der Waals surface area contributed by atoms with Gasteiger partial charge in [0.05, 0.1) is 18.4 Å². The zero-order chi connectivity index (χ0) is 11.8. The minimum absolute atomic E-state index is 0.212. The van der Waals surface area contributed by atoms with Gasteiger partial charge in [0.2, 0.25) is 0 Å². The average molecular weight is 253 g/mol. The number of hydrogen-bond acceptors (Lipinski definition) is 5. The summed E-state index contributed by atoms with van der Waals surface area (Å²) < 4.78 is 5.56. The van der Waals surface area contributed by atoms with E-state index >= 15 is 0 Å². The summed E-state index contributed by atoms with van der Waals surface area (Å²) in [6, 6.07) is 0.212. The van der Waals surface area contributed by atoms with Crippen LogP contribution in [-0.4, -0.2) is 30.8 Å². The molecular weight excluding hydrogens is 234 g/mol. The number of thiazole rings is 1. The SMILES string of the molecule is CC1CN(c2nc3c(s2)C(N)CCC3)CCO1. The van der Waals surface area contributed by atoms with Gasteiger partial charge in [-0.3, -0.25) is 0 Å². The molecule has 3 rings (SSSR count). The van der Waals surface area contributed by atoms with Crippen LogP contribution in [0.5, 0.6) is 0 Å². The highest BCUT2D eigenvalue weighted by atomic mass is 32.1. The van der Waals surface area contributed by atoms with Gasteiger partial charge in [-0.2, -0.15) is 0 Å². The molecule has 0 radical (unpaired) electrons. The van der Waals surface area contributed by atoms with Crippen LogP contribution in [-0.2, 0) is 11.2 Å². The number of anilines is 1. The van der Waals surface area contributed by atoms with Gasteiger partial charge in [-0.15, -0.1) is 0 Å². The lowest BCUT2D eigenvalue weighted by molar-refractivity contribution is 0.0532. The number of nitrogens with two attached hydrogens (primary N) is 1. The molecule has 0 spiro atoms. The Morgan fingerprint density at radius 3 is 3.18 bits per heavy atom. The van der Waals surface area contributed by atoms with Crippen LogP contribution in [0.4, 0.5) is 5.13 Å². The first kappa shape index (κ1) is 11.4. The summed E-state index contributed by atoms with van der Waals surface area (Å²) in [5.41, 5.74) is 7.38. The molecule has 5 heteroatoms. The summed E-state index contributed by atoms with van der Waals surface area (Å²) in [6.07, 6.45) is 3.68. The summed E-state index contributed by atoms with van der Waals surface area (Å²) in [6.45, 7) is 4.82. The Kier molecular flexibility index (Phi) is 3.06. The molecule has 1 saturated heterocycles. The lowest BCUT2D eigenvalue weighted by Gasteiger charge is -2.30. The molecule has 0 saturated carbocycles. The molecule has 1 aromatic rings. The normalized spacial score (nSPS) is 29.2. The highest BCUT2D eigenvalue weighted by molar-refractivity contribution is 7.15. The highest BCUT2D eigenvalue weighted by Gasteiger charge is 2.25. The molecule has 1 fully saturated rings. The average Bonchev–Trinajstić information content (AvgIpc) is 2.74. The third-order valence-electron chi connectivity index (χ3n) is 3.49. The molecule has 1 aliphatic heterocycles. The fourth-order valence-electron chi connectivity index (χ4n) is 2.57. The van der Waals surface area contributed by atoms with Crippen LogP contribution in [0.15, 0.2) is 0 Å². The van der Waals surface area contributed by atoms with Crippen molar-refractivity contribution in [2.75, 3.05) is 24.6 Å². The number of rotatable bonds is 1. The molecule has 17 heavy (non-hydrogen) atoms. The molecule has 0 aromatic carbocycles. The van der Waals surface area contributed by atoms with Crippen LogP contribution in [0.2, 0.25) is 0 Å². The van der Waals surface area contributed by atoms with Crippen molar-refractivity contribution in [3.8, 4) is 0 Å². The lowest BCUT2D eigenvalue weighted by atomic mass is 9.99. The van der Waals surface area contributed by atoms with Crippen molar-refractivity contribution in [2.24, 2.45) is 5.73 Å². The third kappa shape index (κ3) is 2.19. The molecule has 2 atom stereocenters. The number of morpholine rings is 1. The fraction of sp³-hybridized carbons (Fsp3) is 0.750. The van der Waals surface area contributed by atoms with Gasteiger partial charge >= 0.3 is 0 Å². The van der Waals surface area contributed by atoms with E-state index < -0.39 is 0 Å². The van der Waals surface area contributed by atoms with E-state index in [-0.39, 0.29) is 6.04 Å². The Hall–Kier alpha value is -0.650. The number of fused-ring (bicyclic) bond motifs is 1. The van der Waals surface area contributed by atoms with Gasteiger partial charge in [-0.25, -0.2) is 4.98 Å². The van der Waals surface area contributed by atoms with Crippen molar-refractivity contribution >= 4 is 16.5 Å². The van der Waals surface area contributed by atoms with Gasteiger partial charge in [0.1, 0.15) is 0 Å². The Balaban J connectivity index is 1.83. The minimum atomic E-state index is 0.212. The standard InChI is InChI=1S/C12H19N3OS/c1-8-7-15(5-6-16-8)12-14-10-4-2-3-9(13)11(10)17-12/h8-9H,2-7,13H2,1H3. The van der Waals surface area contributed by atoms with Crippen molar-refractivity contribution in [3.05, 3.63) is 10.6 Å². The third-order valence-corrected chi connectivity index (χ3v) is 4.78. The van der Waals surface area contributed by atoms with Crippen LogP contribution >= 0.6 is 11.3 Å². The molecule has 2 aliphatic rings. The van der Waals surface area contributed by atoms with Crippen LogP contribution < -0.4 is 10.6 Å². The van der Waals surface area contributed by atoms with E-state index in [9.17, 15) is 0 Å². The molecular formula is C12H19N3OS. The fourth-order valence-corrected chi connectivity index (χ4v) is 3.75. The van der Waals surface area contributed by atoms with Gasteiger partial charge in [0.25, 0.3) is 0 Å². The van der Waals surface area contributed by atoms with Crippen molar-refractivity contribution < 1.29 is 4.74 Å². The van der Waals surface area contributed by atoms with Crippen LogP contribution in [0.1, 0.15) is 36.4 Å². The van der Waals surface area contributed by atoms with E-state index in [0.29, 0.717) is 6.10 Å². The van der Waals surface area contributed by atoms with Crippen LogP contribution in [0, 0.1) is 0 Å². The lowest BCUT2D eigenvalue weighted by Crippen LogP contribution is -2.41. The number of hydrogen-bond donors (Lipinski definition) is 1. The van der Waals surface area contributed by atoms with Crippen LogP contribution in [0.3, 0.4) is 0 Å². The maximum Gasteiger partial charge on any atom is 0.186 e. The Labute approximate surface area is 106 Å². The van der Waals surface area contributed by atoms with E-state index in [2.05, 4.69) is 11.8 Å². The summed E-state index contributed by atoms with van der Waals surface area (Å²) in [4.78, 5) is 8.42. The molecule has 2 unspecified atom stereocenters. The van der Waals surface area contributed by atoms with E-state index in [4.69, 9.17) is 15.5 Å². The molecule has 2 heterocycles. The first-order valence-electron chi connectivity index (χ1n) is 6.36. The van der Waals surface area contributed by atoms with Gasteiger partial charge in [-0.1, -0.05) is 11.3 Å². The van der Waals surface area contributed by atoms with Gasteiger partial charge in [-0.05, 0) is 26.2 Å². The number of aryl methyl sites for hydroxylation is 1. The van der Waals surface area contributed by atoms with Gasteiger partial charge in [0, 0.05) is 24.0 Å². The molecule has 94 valence electrons. The monoisotopic (exact) mass is 253 g/mol. The van der Waals surface area contributed by atoms with Crippen molar-refractivity contribution in [1.82, 2.24) is 4.98 Å². The molecule has 4 nitrogen and oxygen atoms in total. The number of nitrogens with zero attached hydrogens (tertiary/aromatic N) is 2. The van der Waals surface area contributed by atoms with Gasteiger partial charge < -0.3 is 15.4 Å². The smallest absolute Gasteiger partial charge is 0.186 e. The van der Waals surface area contributed by atoms with E-state index in [0.717, 1.165) is 37.7 Å².